The highest BCUT2D eigenvalue weighted by molar-refractivity contribution is 6.12. The Hall–Kier alpha value is -3.93. The van der Waals surface area contributed by atoms with E-state index in [0.29, 0.717) is 22.6 Å². The average molecular weight is 370 g/mol. The summed E-state index contributed by atoms with van der Waals surface area (Å²) in [7, 11) is 1.58. The molecule has 28 heavy (non-hydrogen) atoms. The van der Waals surface area contributed by atoms with Crippen LogP contribution in [0, 0.1) is 0 Å². The van der Waals surface area contributed by atoms with Crippen molar-refractivity contribution in [1.29, 1.82) is 0 Å². The summed E-state index contributed by atoms with van der Waals surface area (Å²) in [5.74, 6) is 0.695. The third-order valence-electron chi connectivity index (χ3n) is 4.48. The van der Waals surface area contributed by atoms with Gasteiger partial charge >= 0.3 is 0 Å². The van der Waals surface area contributed by atoms with Gasteiger partial charge < -0.3 is 10.5 Å². The van der Waals surface area contributed by atoms with Gasteiger partial charge in [0.05, 0.1) is 18.9 Å². The Morgan fingerprint density at radius 1 is 1.00 bits per heavy atom. The number of carbonyl (C=O) groups excluding carboxylic acids is 1. The lowest BCUT2D eigenvalue weighted by Gasteiger charge is -2.10. The maximum atomic E-state index is 13.1. The summed E-state index contributed by atoms with van der Waals surface area (Å²) in [5.41, 5.74) is 9.66. The van der Waals surface area contributed by atoms with Crippen molar-refractivity contribution in [3.8, 4) is 22.6 Å². The van der Waals surface area contributed by atoms with Gasteiger partial charge in [0.2, 0.25) is 0 Å². The highest BCUT2D eigenvalue weighted by atomic mass is 16.5. The first-order chi connectivity index (χ1) is 13.7. The number of nitrogens with two attached hydrogens (primary N) is 1. The molecule has 138 valence electrons. The topological polar surface area (TPSA) is 83.0 Å². The van der Waals surface area contributed by atoms with Gasteiger partial charge in [0.25, 0.3) is 0 Å². The molecule has 0 radical (unpaired) electrons. The van der Waals surface area contributed by atoms with E-state index in [1.165, 1.54) is 10.9 Å². The summed E-state index contributed by atoms with van der Waals surface area (Å²) in [6.45, 7) is 0. The fourth-order valence-electron chi connectivity index (χ4n) is 3.06. The Morgan fingerprint density at radius 3 is 2.61 bits per heavy atom. The number of anilines is 1. The van der Waals surface area contributed by atoms with Crippen LogP contribution in [0.25, 0.3) is 16.8 Å². The van der Waals surface area contributed by atoms with Crippen molar-refractivity contribution in [2.75, 3.05) is 12.8 Å². The molecule has 0 saturated heterocycles. The normalized spacial score (nSPS) is 10.6. The van der Waals surface area contributed by atoms with E-state index >= 15 is 0 Å². The minimum absolute atomic E-state index is 0.190. The Labute approximate surface area is 162 Å². The Bertz CT molecular complexity index is 1140. The van der Waals surface area contributed by atoms with Crippen LogP contribution in [-0.4, -0.2) is 27.7 Å². The van der Waals surface area contributed by atoms with Crippen LogP contribution >= 0.6 is 0 Å². The molecule has 2 aromatic heterocycles. The first kappa shape index (κ1) is 17.5. The second-order valence-corrected chi connectivity index (χ2v) is 6.18. The van der Waals surface area contributed by atoms with Crippen molar-refractivity contribution in [1.82, 2.24) is 14.8 Å². The molecule has 0 saturated carbocycles. The molecule has 0 spiro atoms. The van der Waals surface area contributed by atoms with Gasteiger partial charge in [0.1, 0.15) is 17.3 Å². The van der Waals surface area contributed by atoms with Crippen molar-refractivity contribution in [3.05, 3.63) is 90.4 Å². The summed E-state index contributed by atoms with van der Waals surface area (Å²) < 4.78 is 6.88. The fourth-order valence-corrected chi connectivity index (χ4v) is 3.06. The Kier molecular flexibility index (Phi) is 4.60. The van der Waals surface area contributed by atoms with Crippen molar-refractivity contribution < 1.29 is 9.53 Å². The lowest BCUT2D eigenvalue weighted by atomic mass is 10.00. The molecule has 0 fully saturated rings. The lowest BCUT2D eigenvalue weighted by molar-refractivity contribution is 0.103. The largest absolute Gasteiger partial charge is 0.494 e. The zero-order chi connectivity index (χ0) is 19.5. The van der Waals surface area contributed by atoms with Crippen LogP contribution < -0.4 is 10.5 Å². The van der Waals surface area contributed by atoms with Crippen LogP contribution in [0.5, 0.6) is 5.75 Å². The molecular formula is C22H18N4O2. The summed E-state index contributed by atoms with van der Waals surface area (Å²) >= 11 is 0. The van der Waals surface area contributed by atoms with E-state index in [1.54, 1.807) is 25.6 Å². The van der Waals surface area contributed by atoms with E-state index in [-0.39, 0.29) is 11.6 Å². The van der Waals surface area contributed by atoms with Crippen LogP contribution in [0.2, 0.25) is 0 Å². The van der Waals surface area contributed by atoms with Gasteiger partial charge in [-0.2, -0.15) is 5.10 Å². The van der Waals surface area contributed by atoms with Crippen LogP contribution in [0.3, 0.4) is 0 Å². The molecule has 2 N–H and O–H groups in total. The van der Waals surface area contributed by atoms with Crippen molar-refractivity contribution >= 4 is 11.6 Å². The predicted octanol–water partition coefficient (Wildman–Crippen LogP) is 3.76. The quantitative estimate of drug-likeness (QED) is 0.541. The second kappa shape index (κ2) is 7.36. The molecular weight excluding hydrogens is 352 g/mol. The minimum atomic E-state index is -0.190. The van der Waals surface area contributed by atoms with E-state index in [4.69, 9.17) is 10.5 Å². The van der Waals surface area contributed by atoms with Gasteiger partial charge in [0, 0.05) is 23.5 Å². The molecule has 6 nitrogen and oxygen atoms in total. The zero-order valence-corrected chi connectivity index (χ0v) is 15.2. The summed E-state index contributed by atoms with van der Waals surface area (Å²) in [6.07, 6.45) is 4.96. The fraction of sp³-hybridized carbons (Fsp3) is 0.0455. The molecule has 0 aliphatic heterocycles. The third-order valence-corrected chi connectivity index (χ3v) is 4.48. The number of hydrogen-bond donors (Lipinski definition) is 1. The molecule has 0 amide bonds. The molecule has 6 heteroatoms. The first-order valence-corrected chi connectivity index (χ1v) is 8.71. The van der Waals surface area contributed by atoms with Crippen LogP contribution in [-0.2, 0) is 0 Å². The number of ether oxygens (including phenoxy) is 1. The summed E-state index contributed by atoms with van der Waals surface area (Å²) in [6, 6.07) is 18.6. The molecule has 0 bridgehead atoms. The van der Waals surface area contributed by atoms with Crippen molar-refractivity contribution in [2.24, 2.45) is 0 Å². The van der Waals surface area contributed by atoms with Crippen molar-refractivity contribution in [2.45, 2.75) is 0 Å². The van der Waals surface area contributed by atoms with Gasteiger partial charge in [-0.1, -0.05) is 36.4 Å². The molecule has 4 rings (SSSR count). The van der Waals surface area contributed by atoms with Gasteiger partial charge in [-0.15, -0.1) is 0 Å². The third kappa shape index (κ3) is 3.12. The van der Waals surface area contributed by atoms with E-state index in [9.17, 15) is 4.79 Å². The maximum Gasteiger partial charge on any atom is 0.198 e. The number of para-hydroxylation sites is 2. The molecule has 2 aromatic carbocycles. The number of ketones is 1. The molecule has 0 atom stereocenters. The van der Waals surface area contributed by atoms with Gasteiger partial charge in [0.15, 0.2) is 5.78 Å². The number of rotatable bonds is 5. The van der Waals surface area contributed by atoms with E-state index in [2.05, 4.69) is 10.1 Å². The number of methoxy groups -OCH3 is 1. The van der Waals surface area contributed by atoms with Crippen LogP contribution in [0.4, 0.5) is 5.82 Å². The minimum Gasteiger partial charge on any atom is -0.494 e. The monoisotopic (exact) mass is 370 g/mol. The standard InChI is InChI=1S/C22H18N4O2/c1-28-20-10-3-2-9-19(20)26-22(23)18(14-25-26)21(27)16-7-4-6-15(12-16)17-8-5-11-24-13-17/h2-14H,23H2,1H3. The SMILES string of the molecule is COc1ccccc1-n1ncc(C(=O)c2cccc(-c3cccnc3)c2)c1N. The maximum absolute atomic E-state index is 13.1. The number of benzene rings is 2. The first-order valence-electron chi connectivity index (χ1n) is 8.71. The van der Waals surface area contributed by atoms with Gasteiger partial charge in [-0.3, -0.25) is 9.78 Å². The molecule has 0 aliphatic rings. The Balaban J connectivity index is 1.71. The number of nitrogens with zero attached hydrogens (tertiary/aromatic N) is 3. The smallest absolute Gasteiger partial charge is 0.198 e. The highest BCUT2D eigenvalue weighted by Gasteiger charge is 2.19. The van der Waals surface area contributed by atoms with Gasteiger partial charge in [-0.25, -0.2) is 4.68 Å². The van der Waals surface area contributed by atoms with E-state index < -0.39 is 0 Å². The van der Waals surface area contributed by atoms with Crippen LogP contribution in [0.1, 0.15) is 15.9 Å². The second-order valence-electron chi connectivity index (χ2n) is 6.18. The molecule has 2 heterocycles. The average Bonchev–Trinajstić information content (AvgIpc) is 3.15. The number of hydrogen-bond acceptors (Lipinski definition) is 5. The van der Waals surface area contributed by atoms with E-state index in [1.807, 2.05) is 54.6 Å². The number of carbonyl (C=O) groups is 1. The van der Waals surface area contributed by atoms with Crippen LogP contribution in [0.15, 0.2) is 79.3 Å². The Morgan fingerprint density at radius 2 is 1.82 bits per heavy atom. The van der Waals surface area contributed by atoms with Crippen molar-refractivity contribution in [3.63, 3.8) is 0 Å². The van der Waals surface area contributed by atoms with E-state index in [0.717, 1.165) is 11.1 Å². The summed E-state index contributed by atoms with van der Waals surface area (Å²) in [4.78, 5) is 17.2. The molecule has 4 aromatic rings. The molecule has 0 aliphatic carbocycles. The van der Waals surface area contributed by atoms with Gasteiger partial charge in [-0.05, 0) is 29.8 Å². The number of aromatic nitrogens is 3. The lowest BCUT2D eigenvalue weighted by Crippen LogP contribution is -2.08. The molecule has 0 unspecified atom stereocenters. The zero-order valence-electron chi connectivity index (χ0n) is 15.2. The predicted molar refractivity (Wildman–Crippen MR) is 108 cm³/mol. The number of nitrogen functional groups attached to an aromatic ring is 1. The highest BCUT2D eigenvalue weighted by Crippen LogP contribution is 2.27. The number of pyridine rings is 1. The summed E-state index contributed by atoms with van der Waals surface area (Å²) in [5, 5.41) is 4.30.